The summed E-state index contributed by atoms with van der Waals surface area (Å²) >= 11 is 0. The zero-order valence-corrected chi connectivity index (χ0v) is 9.88. The van der Waals surface area contributed by atoms with Crippen LogP contribution in [-0.2, 0) is 0 Å². The maximum Gasteiger partial charge on any atom is 0.0626 e. The molecular weight excluding hydrogens is 176 g/mol. The monoisotopic (exact) mass is 200 g/mol. The standard InChI is InChI=1S/C11H24N2O/c1-9(2)6-12-11(8-14)5-10(3)13(4)7-11/h9-10,12,14H,5-8H2,1-4H3. The number of hydrogen-bond donors (Lipinski definition) is 2. The van der Waals surface area contributed by atoms with E-state index in [0.717, 1.165) is 19.5 Å². The molecule has 2 unspecified atom stereocenters. The van der Waals surface area contributed by atoms with E-state index in [1.54, 1.807) is 0 Å². The van der Waals surface area contributed by atoms with Crippen molar-refractivity contribution in [2.24, 2.45) is 5.92 Å². The first-order valence-corrected chi connectivity index (χ1v) is 5.55. The summed E-state index contributed by atoms with van der Waals surface area (Å²) in [6, 6.07) is 0.571. The van der Waals surface area contributed by atoms with E-state index < -0.39 is 0 Å². The van der Waals surface area contributed by atoms with Crippen LogP contribution in [0.15, 0.2) is 0 Å². The third-order valence-electron chi connectivity index (χ3n) is 3.18. The minimum atomic E-state index is -0.0571. The normalized spacial score (nSPS) is 34.3. The first-order chi connectivity index (χ1) is 6.49. The van der Waals surface area contributed by atoms with E-state index in [0.29, 0.717) is 12.0 Å². The highest BCUT2D eigenvalue weighted by molar-refractivity contribution is 4.99. The van der Waals surface area contributed by atoms with Gasteiger partial charge in [-0.25, -0.2) is 0 Å². The maximum atomic E-state index is 9.48. The highest BCUT2D eigenvalue weighted by atomic mass is 16.3. The molecule has 1 saturated heterocycles. The van der Waals surface area contributed by atoms with Crippen LogP contribution >= 0.6 is 0 Å². The van der Waals surface area contributed by atoms with Crippen LogP contribution in [0.1, 0.15) is 27.2 Å². The lowest BCUT2D eigenvalue weighted by molar-refractivity contribution is 0.161. The average molecular weight is 200 g/mol. The Kier molecular flexibility index (Phi) is 3.93. The largest absolute Gasteiger partial charge is 0.394 e. The van der Waals surface area contributed by atoms with E-state index in [4.69, 9.17) is 0 Å². The van der Waals surface area contributed by atoms with Gasteiger partial charge in [-0.05, 0) is 32.9 Å². The quantitative estimate of drug-likeness (QED) is 0.701. The zero-order chi connectivity index (χ0) is 10.8. The van der Waals surface area contributed by atoms with E-state index in [1.807, 2.05) is 0 Å². The van der Waals surface area contributed by atoms with Crippen molar-refractivity contribution in [2.75, 3.05) is 26.7 Å². The first kappa shape index (κ1) is 12.0. The fourth-order valence-electron chi connectivity index (χ4n) is 2.14. The average Bonchev–Trinajstić information content (AvgIpc) is 2.41. The molecule has 3 nitrogen and oxygen atoms in total. The second kappa shape index (κ2) is 4.60. The van der Waals surface area contributed by atoms with Gasteiger partial charge in [0.15, 0.2) is 0 Å². The summed E-state index contributed by atoms with van der Waals surface area (Å²) in [5.41, 5.74) is -0.0571. The predicted molar refractivity (Wildman–Crippen MR) is 59.4 cm³/mol. The van der Waals surface area contributed by atoms with Crippen molar-refractivity contribution < 1.29 is 5.11 Å². The van der Waals surface area contributed by atoms with Crippen LogP contribution in [0.2, 0.25) is 0 Å². The van der Waals surface area contributed by atoms with Gasteiger partial charge in [-0.15, -0.1) is 0 Å². The van der Waals surface area contributed by atoms with Crippen LogP contribution in [0.5, 0.6) is 0 Å². The van der Waals surface area contributed by atoms with Crippen molar-refractivity contribution in [2.45, 2.75) is 38.8 Å². The molecule has 0 aromatic heterocycles. The topological polar surface area (TPSA) is 35.5 Å². The number of hydrogen-bond acceptors (Lipinski definition) is 3. The van der Waals surface area contributed by atoms with Crippen LogP contribution in [0.25, 0.3) is 0 Å². The molecule has 0 saturated carbocycles. The van der Waals surface area contributed by atoms with E-state index in [2.05, 4.69) is 38.0 Å². The van der Waals surface area contributed by atoms with E-state index in [1.165, 1.54) is 0 Å². The van der Waals surface area contributed by atoms with E-state index in [9.17, 15) is 5.11 Å². The molecule has 14 heavy (non-hydrogen) atoms. The molecule has 0 radical (unpaired) electrons. The Hall–Kier alpha value is -0.120. The van der Waals surface area contributed by atoms with Gasteiger partial charge in [0.05, 0.1) is 12.1 Å². The Morgan fingerprint density at radius 3 is 2.57 bits per heavy atom. The number of aliphatic hydroxyl groups excluding tert-OH is 1. The lowest BCUT2D eigenvalue weighted by Crippen LogP contribution is -2.51. The lowest BCUT2D eigenvalue weighted by Gasteiger charge is -2.29. The second-order valence-electron chi connectivity index (χ2n) is 5.18. The van der Waals surface area contributed by atoms with Gasteiger partial charge in [-0.2, -0.15) is 0 Å². The molecule has 0 amide bonds. The van der Waals surface area contributed by atoms with E-state index >= 15 is 0 Å². The molecule has 1 aliphatic heterocycles. The summed E-state index contributed by atoms with van der Waals surface area (Å²) < 4.78 is 0. The molecule has 1 fully saturated rings. The molecule has 0 spiro atoms. The van der Waals surface area contributed by atoms with Crippen molar-refractivity contribution in [3.8, 4) is 0 Å². The fraction of sp³-hybridized carbons (Fsp3) is 1.00. The molecule has 3 heteroatoms. The van der Waals surface area contributed by atoms with Crippen LogP contribution in [0.4, 0.5) is 0 Å². The minimum Gasteiger partial charge on any atom is -0.394 e. The summed E-state index contributed by atoms with van der Waals surface area (Å²) in [7, 11) is 2.12. The molecule has 0 aromatic carbocycles. The number of nitrogens with zero attached hydrogens (tertiary/aromatic N) is 1. The highest BCUT2D eigenvalue weighted by Crippen LogP contribution is 2.25. The molecule has 2 atom stereocenters. The summed E-state index contributed by atoms with van der Waals surface area (Å²) in [4.78, 5) is 2.31. The van der Waals surface area contributed by atoms with Crippen molar-refractivity contribution in [3.63, 3.8) is 0 Å². The van der Waals surface area contributed by atoms with E-state index in [-0.39, 0.29) is 12.1 Å². The zero-order valence-electron chi connectivity index (χ0n) is 9.88. The minimum absolute atomic E-state index is 0.0571. The van der Waals surface area contributed by atoms with Crippen LogP contribution in [0, 0.1) is 5.92 Å². The van der Waals surface area contributed by atoms with Gasteiger partial charge in [0.25, 0.3) is 0 Å². The smallest absolute Gasteiger partial charge is 0.0626 e. The van der Waals surface area contributed by atoms with Gasteiger partial charge in [0.2, 0.25) is 0 Å². The summed E-state index contributed by atoms with van der Waals surface area (Å²) in [6.07, 6.45) is 1.05. The molecule has 1 rings (SSSR count). The molecule has 0 aromatic rings. The molecule has 1 aliphatic rings. The summed E-state index contributed by atoms with van der Waals surface area (Å²) in [5.74, 6) is 0.639. The Balaban J connectivity index is 2.51. The Morgan fingerprint density at radius 1 is 1.57 bits per heavy atom. The van der Waals surface area contributed by atoms with Crippen molar-refractivity contribution in [1.29, 1.82) is 0 Å². The van der Waals surface area contributed by atoms with Crippen LogP contribution < -0.4 is 5.32 Å². The molecule has 2 N–H and O–H groups in total. The van der Waals surface area contributed by atoms with Gasteiger partial charge >= 0.3 is 0 Å². The van der Waals surface area contributed by atoms with Gasteiger partial charge in [0, 0.05) is 12.6 Å². The summed E-state index contributed by atoms with van der Waals surface area (Å²) in [5, 5.41) is 13.0. The number of likely N-dealkylation sites (N-methyl/N-ethyl adjacent to an activating group) is 1. The number of rotatable bonds is 4. The molecular formula is C11H24N2O. The van der Waals surface area contributed by atoms with Crippen molar-refractivity contribution in [1.82, 2.24) is 10.2 Å². The van der Waals surface area contributed by atoms with Crippen molar-refractivity contribution in [3.05, 3.63) is 0 Å². The number of likely N-dealkylation sites (tertiary alicyclic amines) is 1. The molecule has 0 aliphatic carbocycles. The SMILES string of the molecule is CC(C)CNC1(CO)CC(C)N(C)C1. The maximum absolute atomic E-state index is 9.48. The predicted octanol–water partition coefficient (Wildman–Crippen LogP) is 0.687. The Morgan fingerprint density at radius 2 is 2.21 bits per heavy atom. The van der Waals surface area contributed by atoms with Crippen molar-refractivity contribution >= 4 is 0 Å². The molecule has 0 bridgehead atoms. The van der Waals surface area contributed by atoms with Gasteiger partial charge < -0.3 is 15.3 Å². The Labute approximate surface area is 87.5 Å². The molecule has 84 valence electrons. The highest BCUT2D eigenvalue weighted by Gasteiger charge is 2.39. The first-order valence-electron chi connectivity index (χ1n) is 5.55. The van der Waals surface area contributed by atoms with Gasteiger partial charge in [0.1, 0.15) is 0 Å². The fourth-order valence-corrected chi connectivity index (χ4v) is 2.14. The lowest BCUT2D eigenvalue weighted by atomic mass is 9.96. The molecule has 1 heterocycles. The second-order valence-corrected chi connectivity index (χ2v) is 5.18. The van der Waals surface area contributed by atoms with Gasteiger partial charge in [-0.3, -0.25) is 0 Å². The third-order valence-corrected chi connectivity index (χ3v) is 3.18. The third kappa shape index (κ3) is 2.69. The van der Waals surface area contributed by atoms with Crippen LogP contribution in [-0.4, -0.2) is 48.3 Å². The van der Waals surface area contributed by atoms with Gasteiger partial charge in [-0.1, -0.05) is 13.8 Å². The number of nitrogens with one attached hydrogen (secondary N) is 1. The van der Waals surface area contributed by atoms with Crippen LogP contribution in [0.3, 0.4) is 0 Å². The summed E-state index contributed by atoms with van der Waals surface area (Å²) in [6.45, 7) is 8.79. The number of aliphatic hydroxyl groups is 1. The Bertz CT molecular complexity index is 172.